The summed E-state index contributed by atoms with van der Waals surface area (Å²) < 4.78 is 29.5. The summed E-state index contributed by atoms with van der Waals surface area (Å²) in [5, 5.41) is 26.6. The number of anilines is 8. The molecule has 8 bridgehead atoms. The Morgan fingerprint density at radius 1 is 0.210 bits per heavy atom. The van der Waals surface area contributed by atoms with Gasteiger partial charge in [-0.25, -0.2) is 19.2 Å². The molecule has 9 rings (SSSR count). The maximum Gasteiger partial charge on any atom is 0.323 e. The molecule has 0 aromatic heterocycles. The number of urea groups is 4. The highest BCUT2D eigenvalue weighted by atomic mass is 16.5. The van der Waals surface area contributed by atoms with E-state index in [9.17, 15) is 0 Å². The first kappa shape index (κ1) is 97.8. The van der Waals surface area contributed by atoms with Crippen LogP contribution in [0.5, 0.6) is 23.0 Å². The zero-order valence-electron chi connectivity index (χ0n) is 81.0. The molecule has 16 nitrogen and oxygen atoms in total. The Kier molecular flexibility index (Phi) is 32.3. The molecule has 0 aliphatic heterocycles. The molecule has 1 aliphatic carbocycles. The highest BCUT2D eigenvalue weighted by Crippen LogP contribution is 2.46. The van der Waals surface area contributed by atoms with E-state index in [0.29, 0.717) is 94.9 Å². The minimum atomic E-state index is -0.435. The zero-order valence-corrected chi connectivity index (χ0v) is 81.0. The Morgan fingerprint density at radius 3 is 0.460 bits per heavy atom. The van der Waals surface area contributed by atoms with Gasteiger partial charge >= 0.3 is 24.1 Å². The second-order valence-corrected chi connectivity index (χ2v) is 42.9. The number of carbonyl (C=O) groups excluding carboxylic acids is 4. The summed E-state index contributed by atoms with van der Waals surface area (Å²) in [5.74, 6) is 2.48. The monoisotopic (exact) mass is 1690 g/mol. The number of benzene rings is 8. The molecule has 8 aromatic rings. The Labute approximate surface area is 745 Å². The van der Waals surface area contributed by atoms with Gasteiger partial charge in [-0.2, -0.15) is 0 Å². The van der Waals surface area contributed by atoms with Gasteiger partial charge in [0, 0.05) is 116 Å². The van der Waals surface area contributed by atoms with Gasteiger partial charge in [-0.15, -0.1) is 0 Å². The average Bonchev–Trinajstić information content (AvgIpc) is 0.563. The minimum absolute atomic E-state index is 0.188. The molecule has 0 atom stereocenters. The summed E-state index contributed by atoms with van der Waals surface area (Å²) >= 11 is 0. The van der Waals surface area contributed by atoms with Crippen LogP contribution in [0.4, 0.5) is 64.7 Å². The third-order valence-electron chi connectivity index (χ3n) is 23.2. The van der Waals surface area contributed by atoms with Crippen molar-refractivity contribution in [2.75, 3.05) is 69.0 Å². The van der Waals surface area contributed by atoms with E-state index in [4.69, 9.17) is 18.9 Å². The second-order valence-electron chi connectivity index (χ2n) is 42.9. The average molecular weight is 1690 g/mol. The molecular weight excluding hydrogens is 1540 g/mol. The molecule has 8 aromatic carbocycles. The quantitative estimate of drug-likeness (QED) is 0.0221. The van der Waals surface area contributed by atoms with Crippen LogP contribution in [0.2, 0.25) is 0 Å². The van der Waals surface area contributed by atoms with Crippen LogP contribution in [0.25, 0.3) is 0 Å². The third-order valence-corrected chi connectivity index (χ3v) is 23.2. The molecule has 0 saturated carbocycles. The molecule has 0 fully saturated rings. The highest BCUT2D eigenvalue weighted by molar-refractivity contribution is 6.03. The van der Waals surface area contributed by atoms with Gasteiger partial charge in [0.25, 0.3) is 0 Å². The van der Waals surface area contributed by atoms with E-state index >= 15 is 19.2 Å². The van der Waals surface area contributed by atoms with Crippen LogP contribution in [0, 0.1) is 0 Å². The molecule has 0 radical (unpaired) electrons. The van der Waals surface area contributed by atoms with Crippen LogP contribution in [-0.2, 0) is 69.0 Å². The Bertz CT molecular complexity index is 4200. The summed E-state index contributed by atoms with van der Waals surface area (Å²) in [4.78, 5) is 61.2. The number of hydrogen-bond acceptors (Lipinski definition) is 8. The summed E-state index contributed by atoms with van der Waals surface area (Å²) in [5.41, 5.74) is 17.6. The van der Waals surface area contributed by atoms with Crippen molar-refractivity contribution in [3.63, 3.8) is 0 Å². The van der Waals surface area contributed by atoms with Crippen molar-refractivity contribution < 1.29 is 38.1 Å². The molecule has 672 valence electrons. The van der Waals surface area contributed by atoms with Crippen molar-refractivity contribution in [3.8, 4) is 23.0 Å². The smallest absolute Gasteiger partial charge is 0.323 e. The van der Waals surface area contributed by atoms with Crippen molar-refractivity contribution in [2.45, 2.75) is 340 Å². The van der Waals surface area contributed by atoms with E-state index in [2.05, 4.69) is 309 Å². The van der Waals surface area contributed by atoms with E-state index in [1.807, 2.05) is 48.5 Å². The van der Waals surface area contributed by atoms with Crippen LogP contribution in [0.15, 0.2) is 121 Å². The van der Waals surface area contributed by atoms with E-state index in [0.717, 1.165) is 166 Å². The number of amides is 8. The van der Waals surface area contributed by atoms with Gasteiger partial charge in [0.1, 0.15) is 23.0 Å². The van der Waals surface area contributed by atoms with E-state index in [-0.39, 0.29) is 69.0 Å². The lowest BCUT2D eigenvalue weighted by Gasteiger charge is -2.27. The molecule has 8 amide bonds. The Morgan fingerprint density at radius 2 is 0.339 bits per heavy atom. The number of unbranched alkanes of at least 4 members (excludes halogenated alkanes) is 8. The molecular formula is C108H152N8O8. The number of rotatable bonds is 28. The lowest BCUT2D eigenvalue weighted by Crippen LogP contribution is -2.23. The van der Waals surface area contributed by atoms with Crippen molar-refractivity contribution in [1.29, 1.82) is 0 Å². The molecule has 16 heteroatoms. The Hall–Kier alpha value is -9.96. The molecule has 8 N–H and O–H groups in total. The lowest BCUT2D eigenvalue weighted by atomic mass is 9.80. The molecule has 0 saturated heterocycles. The number of carbonyl (C=O) groups is 4. The molecule has 0 spiro atoms. The van der Waals surface area contributed by atoms with Gasteiger partial charge in [0.15, 0.2) is 0 Å². The first-order valence-electron chi connectivity index (χ1n) is 46.0. The number of ether oxygens (including phenoxy) is 4. The predicted molar refractivity (Wildman–Crippen MR) is 523 cm³/mol. The summed E-state index contributed by atoms with van der Waals surface area (Å²) in [6.07, 6.45) is 11.4. The van der Waals surface area contributed by atoms with Gasteiger partial charge in [0.05, 0.1) is 26.4 Å². The van der Waals surface area contributed by atoms with E-state index in [1.54, 1.807) is 0 Å². The number of hydrogen-bond donors (Lipinski definition) is 8. The lowest BCUT2D eigenvalue weighted by molar-refractivity contribution is 0.261. The van der Waals surface area contributed by atoms with Crippen molar-refractivity contribution >= 4 is 69.6 Å². The fourth-order valence-electron chi connectivity index (χ4n) is 15.5. The topological polar surface area (TPSA) is 201 Å². The van der Waals surface area contributed by atoms with Gasteiger partial charge in [-0.05, 0) is 211 Å². The van der Waals surface area contributed by atoms with Crippen molar-refractivity contribution in [1.82, 2.24) is 0 Å². The normalized spacial score (nSPS) is 12.9. The van der Waals surface area contributed by atoms with Crippen LogP contribution < -0.4 is 61.5 Å². The van der Waals surface area contributed by atoms with Gasteiger partial charge in [-0.1, -0.05) is 269 Å². The van der Waals surface area contributed by atoms with Crippen molar-refractivity contribution in [2.24, 2.45) is 0 Å². The van der Waals surface area contributed by atoms with Crippen LogP contribution in [0.1, 0.15) is 360 Å². The Balaban J connectivity index is 1.39. The van der Waals surface area contributed by atoms with Crippen LogP contribution >= 0.6 is 0 Å². The standard InChI is InChI=1S/C108H152N8O8/c1-29-33-37-41-121-93-69-45-71-51-86(110-98(118)114-90-63-79(103(11,12)13)58-80(64-90)104(14,15)16)53-73(94(71)122-42-38-34-30-2)47-75-55-88(112-100(120)116-92-67-83(107(23,24)25)60-84(68-92)108(26,27)28)56-76(96(75)124-44-40-36-32-4)48-74-54-87(111-99(119)115-91-65-81(105(17,18)19)59-82(66-91)106(20,21)22)52-72(95(74)123-43-39-35-31-3)46-70(93)50-85(49-69)109-97(117)113-89-61-77(101(5,6)7)57-78(62-89)102(8,9)10/h49-68H,29-48H2,1-28H3,(H2,109,113,117)(H2,110,114,118)(H2,111,115,119)(H2,112,116,120). The fourth-order valence-corrected chi connectivity index (χ4v) is 15.5. The third kappa shape index (κ3) is 28.0. The molecule has 0 heterocycles. The van der Waals surface area contributed by atoms with E-state index < -0.39 is 24.1 Å². The maximum absolute atomic E-state index is 15.3. The summed E-state index contributed by atoms with van der Waals surface area (Å²) in [6.45, 7) is 62.7. The van der Waals surface area contributed by atoms with Gasteiger partial charge in [-0.3, -0.25) is 0 Å². The minimum Gasteiger partial charge on any atom is -0.493 e. The largest absolute Gasteiger partial charge is 0.493 e. The zero-order chi connectivity index (χ0) is 91.2. The van der Waals surface area contributed by atoms with Gasteiger partial charge < -0.3 is 61.5 Å². The molecule has 124 heavy (non-hydrogen) atoms. The van der Waals surface area contributed by atoms with Gasteiger partial charge in [0.2, 0.25) is 0 Å². The molecule has 1 aliphatic rings. The van der Waals surface area contributed by atoms with E-state index in [1.165, 1.54) is 0 Å². The van der Waals surface area contributed by atoms with Crippen LogP contribution in [-0.4, -0.2) is 50.6 Å². The number of fused-ring (bicyclic) bond motifs is 8. The predicted octanol–water partition coefficient (Wildman–Crippen LogP) is 29.6. The second kappa shape index (κ2) is 41.0. The van der Waals surface area contributed by atoms with Crippen molar-refractivity contribution in [3.05, 3.63) is 210 Å². The SMILES string of the molecule is CCCCCOc1c2cc(NC(=O)Nc3cc(C(C)(C)C)cc(C(C)(C)C)c3)cc1Cc1cc(NC(=O)Nc3cc(C(C)(C)C)cc(C(C)(C)C)c3)cc(c1OCCCCC)Cc1cc(NC(=O)Nc3cc(C(C)(C)C)cc(C(C)(C)C)c3)cc(c1OCCCCC)Cc1cc(NC(=O)Nc3cc(C(C)(C)C)cc(C(C)(C)C)c3)cc(c1OCCCCC)C2. The highest BCUT2D eigenvalue weighted by Gasteiger charge is 2.31. The fraction of sp³-hybridized carbons (Fsp3) is 0.519. The molecule has 0 unspecified atom stereocenters. The summed E-state index contributed by atoms with van der Waals surface area (Å²) in [7, 11) is 0. The maximum atomic E-state index is 15.3. The first-order valence-corrected chi connectivity index (χ1v) is 46.0. The summed E-state index contributed by atoms with van der Waals surface area (Å²) in [6, 6.07) is 39.9. The van der Waals surface area contributed by atoms with Crippen LogP contribution in [0.3, 0.4) is 0 Å². The number of nitrogens with one attached hydrogen (secondary N) is 8. The first-order chi connectivity index (χ1) is 57.9.